The van der Waals surface area contributed by atoms with Gasteiger partial charge in [0.15, 0.2) is 0 Å². The van der Waals surface area contributed by atoms with Gasteiger partial charge in [0, 0.05) is 29.6 Å². The first-order valence-electron chi connectivity index (χ1n) is 7.09. The van der Waals surface area contributed by atoms with Crippen LogP contribution in [0.15, 0.2) is 28.8 Å². The third-order valence-corrected chi connectivity index (χ3v) is 4.23. The molecule has 0 radical (unpaired) electrons. The normalized spacial score (nSPS) is 18.6. The quantitative estimate of drug-likeness (QED) is 0.875. The lowest BCUT2D eigenvalue weighted by Gasteiger charge is -2.37. The van der Waals surface area contributed by atoms with Crippen LogP contribution in [0.3, 0.4) is 0 Å². The Kier molecular flexibility index (Phi) is 2.96. The Labute approximate surface area is 126 Å². The van der Waals surface area contributed by atoms with Crippen LogP contribution in [0.4, 0.5) is 0 Å². The second kappa shape index (κ2) is 4.84. The average Bonchev–Trinajstić information content (AvgIpc) is 3.16. The molecule has 5 nitrogen and oxygen atoms in total. The number of hydrogen-bond acceptors (Lipinski definition) is 4. The molecule has 2 aliphatic rings. The van der Waals surface area contributed by atoms with Gasteiger partial charge in [-0.15, -0.1) is 0 Å². The summed E-state index contributed by atoms with van der Waals surface area (Å²) in [5, 5.41) is 4.64. The lowest BCUT2D eigenvalue weighted by molar-refractivity contribution is -0.137. The zero-order valence-electron chi connectivity index (χ0n) is 11.3. The highest BCUT2D eigenvalue weighted by Gasteiger charge is 2.41. The Hall–Kier alpha value is -1.88. The van der Waals surface area contributed by atoms with E-state index in [0.29, 0.717) is 29.8 Å². The largest absolute Gasteiger partial charge is 0.341 e. The van der Waals surface area contributed by atoms with Gasteiger partial charge in [-0.25, -0.2) is 0 Å². The van der Waals surface area contributed by atoms with Crippen LogP contribution in [0.2, 0.25) is 5.02 Å². The number of nitrogens with zero attached hydrogens (tertiary/aromatic N) is 3. The van der Waals surface area contributed by atoms with Crippen LogP contribution in [0.1, 0.15) is 24.7 Å². The maximum absolute atomic E-state index is 11.9. The van der Waals surface area contributed by atoms with Crippen molar-refractivity contribution in [1.29, 1.82) is 0 Å². The van der Waals surface area contributed by atoms with Crippen LogP contribution < -0.4 is 0 Å². The lowest BCUT2D eigenvalue weighted by atomic mass is 9.99. The topological polar surface area (TPSA) is 59.2 Å². The van der Waals surface area contributed by atoms with Crippen molar-refractivity contribution in [3.63, 3.8) is 0 Å². The molecule has 2 aromatic rings. The maximum atomic E-state index is 11.9. The number of carbonyl (C=O) groups excluding carboxylic acids is 1. The predicted octanol–water partition coefficient (Wildman–Crippen LogP) is 2.73. The van der Waals surface area contributed by atoms with Crippen LogP contribution in [0.25, 0.3) is 11.4 Å². The van der Waals surface area contributed by atoms with Crippen molar-refractivity contribution in [3.8, 4) is 11.4 Å². The summed E-state index contributed by atoms with van der Waals surface area (Å²) in [7, 11) is 0. The molecule has 1 aromatic heterocycles. The van der Waals surface area contributed by atoms with E-state index in [9.17, 15) is 4.79 Å². The molecule has 1 aliphatic carbocycles. The third kappa shape index (κ3) is 2.42. The molecule has 21 heavy (non-hydrogen) atoms. The summed E-state index contributed by atoms with van der Waals surface area (Å²) in [6, 6.07) is 7.36. The zero-order chi connectivity index (χ0) is 14.4. The minimum atomic E-state index is 0.160. The van der Waals surface area contributed by atoms with E-state index in [0.717, 1.165) is 18.4 Å². The van der Waals surface area contributed by atoms with E-state index in [1.807, 2.05) is 17.0 Å². The highest BCUT2D eigenvalue weighted by atomic mass is 35.5. The Bertz CT molecular complexity index is 690. The van der Waals surface area contributed by atoms with Crippen molar-refractivity contribution >= 4 is 17.5 Å². The Morgan fingerprint density at radius 3 is 2.86 bits per heavy atom. The van der Waals surface area contributed by atoms with Crippen molar-refractivity contribution in [2.45, 2.75) is 18.8 Å². The fourth-order valence-corrected chi connectivity index (χ4v) is 2.74. The van der Waals surface area contributed by atoms with E-state index in [4.69, 9.17) is 16.1 Å². The molecule has 2 fully saturated rings. The second-order valence-electron chi connectivity index (χ2n) is 5.68. The van der Waals surface area contributed by atoms with Gasteiger partial charge in [0.2, 0.25) is 17.6 Å². The van der Waals surface area contributed by atoms with Gasteiger partial charge in [-0.2, -0.15) is 4.98 Å². The number of carbonyl (C=O) groups is 1. The molecule has 0 N–H and O–H groups in total. The monoisotopic (exact) mass is 303 g/mol. The van der Waals surface area contributed by atoms with Crippen molar-refractivity contribution in [2.24, 2.45) is 5.92 Å². The molecular formula is C15H14ClN3O2. The number of aromatic nitrogens is 2. The molecule has 108 valence electrons. The molecule has 6 heteroatoms. The zero-order valence-corrected chi connectivity index (χ0v) is 12.1. The summed E-state index contributed by atoms with van der Waals surface area (Å²) >= 11 is 5.96. The van der Waals surface area contributed by atoms with Crippen LogP contribution in [0.5, 0.6) is 0 Å². The van der Waals surface area contributed by atoms with Gasteiger partial charge in [-0.3, -0.25) is 4.79 Å². The van der Waals surface area contributed by atoms with Gasteiger partial charge in [-0.05, 0) is 25.0 Å². The fraction of sp³-hybridized carbons (Fsp3) is 0.400. The maximum Gasteiger partial charge on any atom is 0.233 e. The number of likely N-dealkylation sites (tertiary alicyclic amines) is 1. The first kappa shape index (κ1) is 12.8. The first-order valence-corrected chi connectivity index (χ1v) is 7.47. The molecular weight excluding hydrogens is 290 g/mol. The van der Waals surface area contributed by atoms with Gasteiger partial charge in [0.25, 0.3) is 0 Å². The SMILES string of the molecule is O=C(C1CC1)N1CC(c2nc(-c3cccc(Cl)c3)no2)C1. The Morgan fingerprint density at radius 2 is 2.14 bits per heavy atom. The smallest absolute Gasteiger partial charge is 0.233 e. The van der Waals surface area contributed by atoms with Gasteiger partial charge in [0.05, 0.1) is 5.92 Å². The van der Waals surface area contributed by atoms with Gasteiger partial charge in [-0.1, -0.05) is 28.9 Å². The third-order valence-electron chi connectivity index (χ3n) is 3.99. The molecule has 0 bridgehead atoms. The number of rotatable bonds is 3. The summed E-state index contributed by atoms with van der Waals surface area (Å²) in [4.78, 5) is 18.2. The van der Waals surface area contributed by atoms with Crippen molar-refractivity contribution < 1.29 is 9.32 Å². The molecule has 1 saturated carbocycles. The Balaban J connectivity index is 1.45. The van der Waals surface area contributed by atoms with E-state index < -0.39 is 0 Å². The van der Waals surface area contributed by atoms with Crippen LogP contribution >= 0.6 is 11.6 Å². The van der Waals surface area contributed by atoms with Gasteiger partial charge < -0.3 is 9.42 Å². The summed E-state index contributed by atoms with van der Waals surface area (Å²) < 4.78 is 5.32. The summed E-state index contributed by atoms with van der Waals surface area (Å²) in [5.41, 5.74) is 0.836. The first-order chi connectivity index (χ1) is 10.2. The number of amides is 1. The summed E-state index contributed by atoms with van der Waals surface area (Å²) in [5.74, 6) is 1.86. The molecule has 1 aromatic carbocycles. The lowest BCUT2D eigenvalue weighted by Crippen LogP contribution is -2.49. The fourth-order valence-electron chi connectivity index (χ4n) is 2.55. The minimum absolute atomic E-state index is 0.160. The van der Waals surface area contributed by atoms with Crippen LogP contribution in [-0.4, -0.2) is 34.0 Å². The standard InChI is InChI=1S/C15H14ClN3O2/c16-12-3-1-2-10(6-12)13-17-14(21-18-13)11-7-19(8-11)15(20)9-4-5-9/h1-3,6,9,11H,4-5,7-8H2. The van der Waals surface area contributed by atoms with Gasteiger partial charge >= 0.3 is 0 Å². The number of hydrogen-bond donors (Lipinski definition) is 0. The molecule has 2 heterocycles. The van der Waals surface area contributed by atoms with E-state index in [-0.39, 0.29) is 17.7 Å². The second-order valence-corrected chi connectivity index (χ2v) is 6.12. The number of halogens is 1. The molecule has 1 aliphatic heterocycles. The number of benzene rings is 1. The van der Waals surface area contributed by atoms with E-state index in [2.05, 4.69) is 10.1 Å². The predicted molar refractivity (Wildman–Crippen MR) is 76.8 cm³/mol. The molecule has 1 amide bonds. The average molecular weight is 304 g/mol. The van der Waals surface area contributed by atoms with Crippen molar-refractivity contribution in [3.05, 3.63) is 35.2 Å². The highest BCUT2D eigenvalue weighted by molar-refractivity contribution is 6.30. The van der Waals surface area contributed by atoms with Crippen molar-refractivity contribution in [1.82, 2.24) is 15.0 Å². The molecule has 0 unspecified atom stereocenters. The summed E-state index contributed by atoms with van der Waals surface area (Å²) in [6.45, 7) is 1.37. The minimum Gasteiger partial charge on any atom is -0.341 e. The van der Waals surface area contributed by atoms with Crippen molar-refractivity contribution in [2.75, 3.05) is 13.1 Å². The summed E-state index contributed by atoms with van der Waals surface area (Å²) in [6.07, 6.45) is 2.08. The van der Waals surface area contributed by atoms with E-state index in [1.165, 1.54) is 0 Å². The van der Waals surface area contributed by atoms with Crippen LogP contribution in [-0.2, 0) is 4.79 Å². The highest BCUT2D eigenvalue weighted by Crippen LogP contribution is 2.35. The Morgan fingerprint density at radius 1 is 1.33 bits per heavy atom. The van der Waals surface area contributed by atoms with E-state index in [1.54, 1.807) is 12.1 Å². The molecule has 0 spiro atoms. The van der Waals surface area contributed by atoms with E-state index >= 15 is 0 Å². The van der Waals surface area contributed by atoms with Crippen LogP contribution in [0, 0.1) is 5.92 Å². The molecule has 4 rings (SSSR count). The van der Waals surface area contributed by atoms with Gasteiger partial charge in [0.1, 0.15) is 0 Å². The molecule has 1 saturated heterocycles. The molecule has 0 atom stereocenters.